The van der Waals surface area contributed by atoms with E-state index in [2.05, 4.69) is 97.1 Å². The van der Waals surface area contributed by atoms with Crippen LogP contribution in [-0.2, 0) is 4.57 Å². The molecule has 0 unspecified atom stereocenters. The summed E-state index contributed by atoms with van der Waals surface area (Å²) in [6, 6.07) is 64.3. The molecule has 0 atom stereocenters. The first kappa shape index (κ1) is 27.9. The lowest BCUT2D eigenvalue weighted by Crippen LogP contribution is -2.26. The fourth-order valence-corrected chi connectivity index (χ4v) is 9.39. The summed E-state index contributed by atoms with van der Waals surface area (Å²) < 4.78 is 19.9. The average molecular weight is 611 g/mol. The first-order chi connectivity index (χ1) is 22.7. The molecule has 220 valence electrons. The molecule has 1 aliphatic heterocycles. The van der Waals surface area contributed by atoms with E-state index >= 15 is 4.57 Å². The molecule has 7 aromatic carbocycles. The Morgan fingerprint density at radius 3 is 1.13 bits per heavy atom. The van der Waals surface area contributed by atoms with Crippen LogP contribution in [-0.4, -0.2) is 0 Å². The second kappa shape index (κ2) is 11.7. The van der Waals surface area contributed by atoms with Crippen molar-refractivity contribution in [2.24, 2.45) is 0 Å². The number of hydrogen-bond donors (Lipinski definition) is 0. The van der Waals surface area contributed by atoms with E-state index in [1.807, 2.05) is 100 Å². The summed E-state index contributed by atoms with van der Waals surface area (Å²) in [5.74, 6) is 0. The summed E-state index contributed by atoms with van der Waals surface area (Å²) in [4.78, 5) is 0. The summed E-state index contributed by atoms with van der Waals surface area (Å²) in [7, 11) is -3.41. The van der Waals surface area contributed by atoms with Crippen LogP contribution >= 0.6 is 7.44 Å². The van der Waals surface area contributed by atoms with Crippen LogP contribution in [0.2, 0.25) is 0 Å². The number of rotatable bonds is 6. The predicted molar refractivity (Wildman–Crippen MR) is 194 cm³/mol. The molecule has 0 bridgehead atoms. The van der Waals surface area contributed by atoms with Gasteiger partial charge in [0.2, 0.25) is 0 Å². The monoisotopic (exact) mass is 610 g/mol. The maximum atomic E-state index is 15.8. The summed E-state index contributed by atoms with van der Waals surface area (Å²) in [5.41, 5.74) is 10.6. The van der Waals surface area contributed by atoms with Crippen LogP contribution in [0, 0.1) is 0 Å². The third-order valence-corrected chi connectivity index (χ3v) is 11.5. The van der Waals surface area contributed by atoms with Gasteiger partial charge in [0.15, 0.2) is 0 Å². The van der Waals surface area contributed by atoms with E-state index in [0.717, 1.165) is 44.7 Å². The SMILES string of the molecule is O=P1(c2ccc(-c3cccc(-c4cccc(-c5ccccc5)c4)c3)cc2)N(c2ccccc2)c2ccccc2N1c1ccccc1. The van der Waals surface area contributed by atoms with Crippen molar-refractivity contribution in [2.75, 3.05) is 9.34 Å². The fourth-order valence-electron chi connectivity index (χ4n) is 6.40. The van der Waals surface area contributed by atoms with Gasteiger partial charge in [0, 0.05) is 11.4 Å². The number of fused-ring (bicyclic) bond motifs is 1. The van der Waals surface area contributed by atoms with Gasteiger partial charge in [-0.1, -0.05) is 127 Å². The summed E-state index contributed by atoms with van der Waals surface area (Å²) in [6.07, 6.45) is 0. The van der Waals surface area contributed by atoms with E-state index < -0.39 is 7.44 Å². The molecule has 0 fully saturated rings. The van der Waals surface area contributed by atoms with Crippen molar-refractivity contribution in [2.45, 2.75) is 0 Å². The van der Waals surface area contributed by atoms with Crippen molar-refractivity contribution < 1.29 is 4.57 Å². The minimum Gasteiger partial charge on any atom is -0.270 e. The van der Waals surface area contributed by atoms with Crippen LogP contribution in [0.1, 0.15) is 0 Å². The first-order valence-electron chi connectivity index (χ1n) is 15.5. The van der Waals surface area contributed by atoms with E-state index in [-0.39, 0.29) is 0 Å². The lowest BCUT2D eigenvalue weighted by molar-refractivity contribution is 0.582. The zero-order valence-electron chi connectivity index (χ0n) is 25.1. The Morgan fingerprint density at radius 2 is 0.674 bits per heavy atom. The topological polar surface area (TPSA) is 23.6 Å². The van der Waals surface area contributed by atoms with Gasteiger partial charge < -0.3 is 0 Å². The zero-order chi connectivity index (χ0) is 30.9. The highest BCUT2D eigenvalue weighted by Crippen LogP contribution is 2.69. The van der Waals surface area contributed by atoms with Gasteiger partial charge in [-0.2, -0.15) is 0 Å². The van der Waals surface area contributed by atoms with Gasteiger partial charge in [-0.15, -0.1) is 0 Å². The van der Waals surface area contributed by atoms with Crippen molar-refractivity contribution >= 4 is 35.5 Å². The molecule has 46 heavy (non-hydrogen) atoms. The maximum absolute atomic E-state index is 15.8. The maximum Gasteiger partial charge on any atom is 0.301 e. The summed E-state index contributed by atoms with van der Waals surface area (Å²) in [5, 5.41) is 0.770. The second-order valence-electron chi connectivity index (χ2n) is 11.4. The van der Waals surface area contributed by atoms with E-state index in [1.54, 1.807) is 0 Å². The smallest absolute Gasteiger partial charge is 0.270 e. The molecule has 8 rings (SSSR count). The molecule has 0 aliphatic carbocycles. The molecule has 0 N–H and O–H groups in total. The van der Waals surface area contributed by atoms with Crippen molar-refractivity contribution in [3.8, 4) is 33.4 Å². The van der Waals surface area contributed by atoms with Gasteiger partial charge in [0.1, 0.15) is 0 Å². The molecule has 0 aromatic heterocycles. The molecule has 0 saturated carbocycles. The minimum atomic E-state index is -3.41. The van der Waals surface area contributed by atoms with Gasteiger partial charge in [0.05, 0.1) is 16.7 Å². The van der Waals surface area contributed by atoms with Crippen LogP contribution in [0.3, 0.4) is 0 Å². The number of nitrogens with zero attached hydrogens (tertiary/aromatic N) is 2. The van der Waals surface area contributed by atoms with Crippen LogP contribution in [0.4, 0.5) is 22.7 Å². The number of para-hydroxylation sites is 4. The molecular formula is C42H31N2OP. The Morgan fingerprint density at radius 1 is 0.326 bits per heavy atom. The third-order valence-electron chi connectivity index (χ3n) is 8.58. The van der Waals surface area contributed by atoms with Crippen LogP contribution < -0.4 is 14.6 Å². The van der Waals surface area contributed by atoms with Crippen LogP contribution in [0.25, 0.3) is 33.4 Å². The highest BCUT2D eigenvalue weighted by Gasteiger charge is 2.48. The lowest BCUT2D eigenvalue weighted by Gasteiger charge is -2.33. The molecule has 3 nitrogen and oxygen atoms in total. The molecule has 1 heterocycles. The van der Waals surface area contributed by atoms with Gasteiger partial charge in [-0.3, -0.25) is 13.9 Å². The highest BCUT2D eigenvalue weighted by molar-refractivity contribution is 7.76. The van der Waals surface area contributed by atoms with Gasteiger partial charge in [-0.05, 0) is 94.0 Å². The lowest BCUT2D eigenvalue weighted by atomic mass is 9.96. The molecule has 7 aromatic rings. The standard InChI is InChI=1S/C42H31N2OP/c45-46(43(38-20-6-2-7-21-38)41-24-10-11-25-42(41)44(46)39-22-8-3-9-23-39)40-28-26-33(27-29-40)35-17-13-19-37(31-35)36-18-12-16-34(30-36)32-14-4-1-5-15-32/h1-31H. The summed E-state index contributed by atoms with van der Waals surface area (Å²) in [6.45, 7) is 0. The Kier molecular flexibility index (Phi) is 7.10. The van der Waals surface area contributed by atoms with E-state index in [0.29, 0.717) is 0 Å². The third kappa shape index (κ3) is 4.83. The van der Waals surface area contributed by atoms with Crippen LogP contribution in [0.5, 0.6) is 0 Å². The number of anilines is 4. The molecule has 0 amide bonds. The quantitative estimate of drug-likeness (QED) is 0.175. The number of hydrogen-bond acceptors (Lipinski definition) is 1. The molecule has 0 spiro atoms. The Hall–Kier alpha value is -5.63. The fraction of sp³-hybridized carbons (Fsp3) is 0. The molecule has 0 radical (unpaired) electrons. The minimum absolute atomic E-state index is 0.770. The first-order valence-corrected chi connectivity index (χ1v) is 17.1. The Labute approximate surface area is 270 Å². The van der Waals surface area contributed by atoms with Crippen LogP contribution in [0.15, 0.2) is 188 Å². The van der Waals surface area contributed by atoms with Crippen molar-refractivity contribution in [3.63, 3.8) is 0 Å². The molecule has 1 aliphatic rings. The van der Waals surface area contributed by atoms with E-state index in [1.165, 1.54) is 16.7 Å². The molecular weight excluding hydrogens is 579 g/mol. The van der Waals surface area contributed by atoms with E-state index in [9.17, 15) is 0 Å². The Balaban J connectivity index is 1.20. The Bertz CT molecular complexity index is 2110. The number of benzene rings is 7. The summed E-state index contributed by atoms with van der Waals surface area (Å²) >= 11 is 0. The van der Waals surface area contributed by atoms with Crippen molar-refractivity contribution in [1.82, 2.24) is 0 Å². The van der Waals surface area contributed by atoms with Gasteiger partial charge in [0.25, 0.3) is 0 Å². The van der Waals surface area contributed by atoms with Gasteiger partial charge in [-0.25, -0.2) is 0 Å². The second-order valence-corrected chi connectivity index (χ2v) is 13.8. The highest BCUT2D eigenvalue weighted by atomic mass is 31.2. The molecule has 4 heteroatoms. The van der Waals surface area contributed by atoms with Gasteiger partial charge >= 0.3 is 7.44 Å². The van der Waals surface area contributed by atoms with Crippen molar-refractivity contribution in [1.29, 1.82) is 0 Å². The average Bonchev–Trinajstić information content (AvgIpc) is 3.41. The van der Waals surface area contributed by atoms with Crippen molar-refractivity contribution in [3.05, 3.63) is 188 Å². The molecule has 0 saturated heterocycles. The largest absolute Gasteiger partial charge is 0.301 e. The predicted octanol–water partition coefficient (Wildman–Crippen LogP) is 11.5. The van der Waals surface area contributed by atoms with E-state index in [4.69, 9.17) is 0 Å². The zero-order valence-corrected chi connectivity index (χ0v) is 26.0. The normalized spacial score (nSPS) is 13.4.